The van der Waals surface area contributed by atoms with E-state index < -0.39 is 0 Å². The van der Waals surface area contributed by atoms with E-state index in [2.05, 4.69) is 52.1 Å². The maximum atomic E-state index is 6.68. The average Bonchev–Trinajstić information content (AvgIpc) is 2.95. The number of hydrogen-bond donors (Lipinski definition) is 1. The molecule has 0 aromatic heterocycles. The molecule has 1 saturated carbocycles. The largest absolute Gasteiger partial charge is 0.375 e. The quantitative estimate of drug-likeness (QED) is 0.334. The Morgan fingerprint density at radius 1 is 0.756 bits per heavy atom. The molecule has 0 aromatic carbocycles. The van der Waals surface area contributed by atoms with Gasteiger partial charge in [-0.2, -0.15) is 0 Å². The van der Waals surface area contributed by atoms with E-state index in [4.69, 9.17) is 9.47 Å². The smallest absolute Gasteiger partial charge is 0.0807 e. The third-order valence-corrected chi connectivity index (χ3v) is 10.5. The molecule has 1 saturated heterocycles. The van der Waals surface area contributed by atoms with E-state index in [0.29, 0.717) is 30.1 Å². The van der Waals surface area contributed by atoms with Gasteiger partial charge in [0, 0.05) is 6.61 Å². The van der Waals surface area contributed by atoms with Crippen LogP contribution in [0, 0.1) is 23.7 Å². The molecule has 2 fully saturated rings. The summed E-state index contributed by atoms with van der Waals surface area (Å²) < 4.78 is 13.3. The summed E-state index contributed by atoms with van der Waals surface area (Å²) in [6.45, 7) is 15.2. The highest BCUT2D eigenvalue weighted by molar-refractivity contribution is 5.09. The van der Waals surface area contributed by atoms with Gasteiger partial charge in [-0.25, -0.2) is 0 Å². The summed E-state index contributed by atoms with van der Waals surface area (Å²) >= 11 is 0. The molecule has 6 atom stereocenters. The molecule has 2 aliphatic heterocycles. The van der Waals surface area contributed by atoms with E-state index in [0.717, 1.165) is 38.0 Å². The van der Waals surface area contributed by atoms with Crippen LogP contribution in [0.4, 0.5) is 0 Å². The second-order valence-electron chi connectivity index (χ2n) is 14.6. The van der Waals surface area contributed by atoms with E-state index in [1.165, 1.54) is 121 Å². The van der Waals surface area contributed by atoms with Crippen molar-refractivity contribution in [2.45, 2.75) is 175 Å². The zero-order valence-electron chi connectivity index (χ0n) is 28.1. The molecule has 3 aliphatic rings. The molecule has 238 valence electrons. The highest BCUT2D eigenvalue weighted by atomic mass is 16.5. The lowest BCUT2D eigenvalue weighted by Crippen LogP contribution is -2.36. The molecular formula is C38H69NO2. The molecule has 2 heterocycles. The molecule has 3 rings (SSSR count). The van der Waals surface area contributed by atoms with Crippen molar-refractivity contribution in [3.05, 3.63) is 23.3 Å². The summed E-state index contributed by atoms with van der Waals surface area (Å²) in [7, 11) is 0. The number of nitrogens with one attached hydrogen (secondary N) is 1. The number of hydrogen-bond acceptors (Lipinski definition) is 3. The SMILES string of the molecule is CC1=CCCCCC(C)C(C(C)=CC2CCCCC2)OCCCCCCNCCC2OC(CCC(C)C1)CCC2C. The summed E-state index contributed by atoms with van der Waals surface area (Å²) in [5.41, 5.74) is 3.10. The van der Waals surface area contributed by atoms with Gasteiger partial charge >= 0.3 is 0 Å². The summed E-state index contributed by atoms with van der Waals surface area (Å²) in [4.78, 5) is 0. The standard InChI is InChI=1S/C38H69NO2/c1-30-16-10-8-11-17-33(4)38(34(5)29-35-18-12-9-13-19-35)40-27-15-7-6-14-25-39-26-24-37-32(3)21-23-36(41-37)22-20-31(2)28-30/h16,29,31-33,35-39H,6-15,17-28H2,1-5H3. The highest BCUT2D eigenvalue weighted by Crippen LogP contribution is 2.31. The lowest BCUT2D eigenvalue weighted by Gasteiger charge is -2.35. The topological polar surface area (TPSA) is 30.5 Å². The van der Waals surface area contributed by atoms with Gasteiger partial charge in [0.1, 0.15) is 0 Å². The van der Waals surface area contributed by atoms with Crippen LogP contribution in [-0.2, 0) is 9.47 Å². The van der Waals surface area contributed by atoms with Crippen LogP contribution in [0.15, 0.2) is 23.3 Å². The minimum Gasteiger partial charge on any atom is -0.375 e. The molecule has 0 radical (unpaired) electrons. The van der Waals surface area contributed by atoms with Crippen molar-refractivity contribution in [3.8, 4) is 0 Å². The van der Waals surface area contributed by atoms with E-state index in [1.807, 2.05) is 0 Å². The van der Waals surface area contributed by atoms with Crippen molar-refractivity contribution in [2.24, 2.45) is 23.7 Å². The van der Waals surface area contributed by atoms with Crippen LogP contribution >= 0.6 is 0 Å². The van der Waals surface area contributed by atoms with Crippen molar-refractivity contribution >= 4 is 0 Å². The Hall–Kier alpha value is -0.640. The number of ether oxygens (including phenoxy) is 2. The molecule has 0 amide bonds. The van der Waals surface area contributed by atoms with Gasteiger partial charge in [-0.05, 0) is 140 Å². The molecule has 3 heteroatoms. The molecule has 3 nitrogen and oxygen atoms in total. The van der Waals surface area contributed by atoms with E-state index in [1.54, 1.807) is 5.57 Å². The first kappa shape index (κ1) is 34.8. The molecule has 0 aromatic rings. The molecule has 41 heavy (non-hydrogen) atoms. The van der Waals surface area contributed by atoms with Gasteiger partial charge in [-0.15, -0.1) is 0 Å². The van der Waals surface area contributed by atoms with Crippen molar-refractivity contribution in [2.75, 3.05) is 19.7 Å². The van der Waals surface area contributed by atoms with Gasteiger partial charge in [0.25, 0.3) is 0 Å². The Bertz CT molecular complexity index is 739. The first-order chi connectivity index (χ1) is 19.9. The number of fused-ring (bicyclic) bond motifs is 2. The first-order valence-electron chi connectivity index (χ1n) is 18.2. The van der Waals surface area contributed by atoms with Crippen molar-refractivity contribution in [3.63, 3.8) is 0 Å². The maximum Gasteiger partial charge on any atom is 0.0807 e. The first-order valence-corrected chi connectivity index (χ1v) is 18.2. The Morgan fingerprint density at radius 3 is 2.32 bits per heavy atom. The fraction of sp³-hybridized carbons (Fsp3) is 0.895. The summed E-state index contributed by atoms with van der Waals surface area (Å²) in [6, 6.07) is 0. The Kier molecular flexibility index (Phi) is 17.3. The number of allylic oxidation sites excluding steroid dienone is 3. The molecular weight excluding hydrogens is 502 g/mol. The normalized spacial score (nSPS) is 34.7. The molecule has 1 N–H and O–H groups in total. The molecule has 0 spiro atoms. The predicted molar refractivity (Wildman–Crippen MR) is 177 cm³/mol. The fourth-order valence-electron chi connectivity index (χ4n) is 7.76. The lowest BCUT2D eigenvalue weighted by molar-refractivity contribution is -0.0856. The Balaban J connectivity index is 1.53. The molecule has 6 unspecified atom stereocenters. The van der Waals surface area contributed by atoms with E-state index >= 15 is 0 Å². The van der Waals surface area contributed by atoms with Crippen molar-refractivity contribution in [1.29, 1.82) is 0 Å². The van der Waals surface area contributed by atoms with Crippen LogP contribution in [0.3, 0.4) is 0 Å². The van der Waals surface area contributed by atoms with Gasteiger partial charge in [-0.3, -0.25) is 0 Å². The summed E-state index contributed by atoms with van der Waals surface area (Å²) in [5, 5.41) is 3.72. The predicted octanol–water partition coefficient (Wildman–Crippen LogP) is 10.6. The van der Waals surface area contributed by atoms with Crippen molar-refractivity contribution in [1.82, 2.24) is 5.32 Å². The monoisotopic (exact) mass is 572 g/mol. The van der Waals surface area contributed by atoms with Crippen molar-refractivity contribution < 1.29 is 9.47 Å². The second kappa shape index (κ2) is 20.3. The van der Waals surface area contributed by atoms with E-state index in [-0.39, 0.29) is 0 Å². The van der Waals surface area contributed by atoms with E-state index in [9.17, 15) is 0 Å². The van der Waals surface area contributed by atoms with Crippen LogP contribution < -0.4 is 5.32 Å². The molecule has 1 aliphatic carbocycles. The van der Waals surface area contributed by atoms with Gasteiger partial charge in [-0.1, -0.05) is 77.0 Å². The fourth-order valence-corrected chi connectivity index (χ4v) is 7.76. The van der Waals surface area contributed by atoms with Crippen LogP contribution in [0.2, 0.25) is 0 Å². The Labute approximate surface area is 256 Å². The second-order valence-corrected chi connectivity index (χ2v) is 14.6. The van der Waals surface area contributed by atoms with Gasteiger partial charge < -0.3 is 14.8 Å². The highest BCUT2D eigenvalue weighted by Gasteiger charge is 2.28. The van der Waals surface area contributed by atoms with Crippen LogP contribution in [0.25, 0.3) is 0 Å². The van der Waals surface area contributed by atoms with Crippen LogP contribution in [0.5, 0.6) is 0 Å². The minimum atomic E-state index is 0.301. The number of rotatable bonds is 2. The van der Waals surface area contributed by atoms with Crippen LogP contribution in [0.1, 0.15) is 157 Å². The third-order valence-electron chi connectivity index (χ3n) is 10.5. The molecule has 2 bridgehead atoms. The third kappa shape index (κ3) is 14.1. The van der Waals surface area contributed by atoms with Gasteiger partial charge in [0.05, 0.1) is 18.3 Å². The Morgan fingerprint density at radius 2 is 1.49 bits per heavy atom. The average molecular weight is 572 g/mol. The zero-order valence-corrected chi connectivity index (χ0v) is 28.1. The lowest BCUT2D eigenvalue weighted by atomic mass is 9.85. The van der Waals surface area contributed by atoms with Gasteiger partial charge in [0.15, 0.2) is 0 Å². The zero-order chi connectivity index (χ0) is 29.3. The van der Waals surface area contributed by atoms with Gasteiger partial charge in [0.2, 0.25) is 0 Å². The minimum absolute atomic E-state index is 0.301. The maximum absolute atomic E-state index is 6.68. The summed E-state index contributed by atoms with van der Waals surface area (Å²) in [6.07, 6.45) is 31.0. The summed E-state index contributed by atoms with van der Waals surface area (Å²) in [5.74, 6) is 2.83. The van der Waals surface area contributed by atoms with Crippen LogP contribution in [-0.4, -0.2) is 38.0 Å².